The van der Waals surface area contributed by atoms with Gasteiger partial charge in [-0.25, -0.2) is 4.79 Å². The standard InChI is InChI=1S/C12H22N2O3/c1-9(11(15)16)7-13-12(17)14-8-10-5-3-2-4-6-10/h9-10H,2-8H2,1H3,(H,15,16)(H2,13,14,17)/t9-/m0/s1. The maximum atomic E-state index is 11.4. The number of rotatable bonds is 5. The summed E-state index contributed by atoms with van der Waals surface area (Å²) in [5, 5.41) is 14.0. The minimum atomic E-state index is -0.891. The monoisotopic (exact) mass is 242 g/mol. The molecule has 1 fully saturated rings. The van der Waals surface area contributed by atoms with Crippen molar-refractivity contribution in [2.24, 2.45) is 11.8 Å². The van der Waals surface area contributed by atoms with Gasteiger partial charge in [-0.2, -0.15) is 0 Å². The molecule has 3 N–H and O–H groups in total. The maximum absolute atomic E-state index is 11.4. The molecule has 0 bridgehead atoms. The quantitative estimate of drug-likeness (QED) is 0.685. The van der Waals surface area contributed by atoms with Gasteiger partial charge in [0.25, 0.3) is 0 Å². The molecule has 0 saturated heterocycles. The van der Waals surface area contributed by atoms with Gasteiger partial charge in [-0.05, 0) is 18.8 Å². The summed E-state index contributed by atoms with van der Waals surface area (Å²) in [4.78, 5) is 21.9. The smallest absolute Gasteiger partial charge is 0.314 e. The number of carbonyl (C=O) groups is 2. The van der Waals surface area contributed by atoms with E-state index in [-0.39, 0.29) is 12.6 Å². The lowest BCUT2D eigenvalue weighted by molar-refractivity contribution is -0.140. The molecular formula is C12H22N2O3. The van der Waals surface area contributed by atoms with E-state index >= 15 is 0 Å². The summed E-state index contributed by atoms with van der Waals surface area (Å²) in [6.07, 6.45) is 6.18. The highest BCUT2D eigenvalue weighted by molar-refractivity contribution is 5.75. The van der Waals surface area contributed by atoms with Gasteiger partial charge in [0.05, 0.1) is 5.92 Å². The number of hydrogen-bond donors (Lipinski definition) is 3. The Kier molecular flexibility index (Phi) is 5.80. The largest absolute Gasteiger partial charge is 0.481 e. The highest BCUT2D eigenvalue weighted by Gasteiger charge is 2.15. The van der Waals surface area contributed by atoms with Crippen molar-refractivity contribution in [1.82, 2.24) is 10.6 Å². The second kappa shape index (κ2) is 7.14. The van der Waals surface area contributed by atoms with Gasteiger partial charge in [0.2, 0.25) is 0 Å². The highest BCUT2D eigenvalue weighted by Crippen LogP contribution is 2.22. The van der Waals surface area contributed by atoms with E-state index in [1.54, 1.807) is 6.92 Å². The lowest BCUT2D eigenvalue weighted by Crippen LogP contribution is -2.41. The van der Waals surface area contributed by atoms with Crippen LogP contribution in [0.5, 0.6) is 0 Å². The average molecular weight is 242 g/mol. The van der Waals surface area contributed by atoms with Crippen LogP contribution in [0.15, 0.2) is 0 Å². The summed E-state index contributed by atoms with van der Waals surface area (Å²) >= 11 is 0. The zero-order valence-electron chi connectivity index (χ0n) is 10.4. The van der Waals surface area contributed by atoms with Crippen LogP contribution in [-0.4, -0.2) is 30.2 Å². The molecule has 0 spiro atoms. The van der Waals surface area contributed by atoms with Crippen molar-refractivity contribution < 1.29 is 14.7 Å². The molecule has 1 saturated carbocycles. The number of urea groups is 1. The van der Waals surface area contributed by atoms with Gasteiger partial charge in [0.15, 0.2) is 0 Å². The normalized spacial score (nSPS) is 18.4. The molecule has 98 valence electrons. The number of amides is 2. The topological polar surface area (TPSA) is 78.4 Å². The average Bonchev–Trinajstić information content (AvgIpc) is 2.34. The SMILES string of the molecule is C[C@@H](CNC(=O)NCC1CCCCC1)C(=O)O. The summed E-state index contributed by atoms with van der Waals surface area (Å²) in [7, 11) is 0. The number of carbonyl (C=O) groups excluding carboxylic acids is 1. The molecule has 0 aromatic rings. The second-order valence-electron chi connectivity index (χ2n) is 4.83. The third-order valence-corrected chi connectivity index (χ3v) is 3.27. The Bertz CT molecular complexity index is 262. The zero-order chi connectivity index (χ0) is 12.7. The maximum Gasteiger partial charge on any atom is 0.314 e. The summed E-state index contributed by atoms with van der Waals surface area (Å²) in [6, 6.07) is -0.260. The van der Waals surface area contributed by atoms with Crippen molar-refractivity contribution in [3.63, 3.8) is 0 Å². The molecule has 0 heterocycles. The Morgan fingerprint density at radius 2 is 1.88 bits per heavy atom. The Morgan fingerprint density at radius 1 is 1.24 bits per heavy atom. The first-order chi connectivity index (χ1) is 8.09. The number of carboxylic acid groups (broad SMARTS) is 1. The fourth-order valence-electron chi connectivity index (χ4n) is 2.02. The van der Waals surface area contributed by atoms with Gasteiger partial charge in [-0.3, -0.25) is 4.79 Å². The van der Waals surface area contributed by atoms with Crippen molar-refractivity contribution in [2.45, 2.75) is 39.0 Å². The number of nitrogens with one attached hydrogen (secondary N) is 2. The number of aliphatic carboxylic acids is 1. The van der Waals surface area contributed by atoms with E-state index in [9.17, 15) is 9.59 Å². The molecule has 2 amide bonds. The summed E-state index contributed by atoms with van der Waals surface area (Å²) < 4.78 is 0. The lowest BCUT2D eigenvalue weighted by atomic mass is 9.89. The number of carboxylic acids is 1. The van der Waals surface area contributed by atoms with Gasteiger partial charge >= 0.3 is 12.0 Å². The third-order valence-electron chi connectivity index (χ3n) is 3.27. The van der Waals surface area contributed by atoms with E-state index in [4.69, 9.17) is 5.11 Å². The molecule has 0 aromatic heterocycles. The molecule has 0 aromatic carbocycles. The summed E-state index contributed by atoms with van der Waals surface area (Å²) in [5.41, 5.74) is 0. The summed E-state index contributed by atoms with van der Waals surface area (Å²) in [6.45, 7) is 2.45. The van der Waals surface area contributed by atoms with E-state index in [0.717, 1.165) is 0 Å². The van der Waals surface area contributed by atoms with E-state index < -0.39 is 11.9 Å². The van der Waals surface area contributed by atoms with Crippen LogP contribution in [0.3, 0.4) is 0 Å². The molecule has 5 nitrogen and oxygen atoms in total. The second-order valence-corrected chi connectivity index (χ2v) is 4.83. The molecule has 5 heteroatoms. The summed E-state index contributed by atoms with van der Waals surface area (Å²) in [5.74, 6) is -0.848. The molecule has 1 aliphatic rings. The van der Waals surface area contributed by atoms with Gasteiger partial charge in [-0.1, -0.05) is 26.2 Å². The minimum Gasteiger partial charge on any atom is -0.481 e. The van der Waals surface area contributed by atoms with E-state index in [2.05, 4.69) is 10.6 Å². The van der Waals surface area contributed by atoms with Crippen LogP contribution in [0.2, 0.25) is 0 Å². The van der Waals surface area contributed by atoms with Crippen LogP contribution in [0.25, 0.3) is 0 Å². The zero-order valence-corrected chi connectivity index (χ0v) is 10.4. The van der Waals surface area contributed by atoms with Crippen LogP contribution >= 0.6 is 0 Å². The minimum absolute atomic E-state index is 0.172. The van der Waals surface area contributed by atoms with Crippen LogP contribution in [0, 0.1) is 11.8 Å². The van der Waals surface area contributed by atoms with Crippen molar-refractivity contribution in [1.29, 1.82) is 0 Å². The Balaban J connectivity index is 2.10. The predicted octanol–water partition coefficient (Wildman–Crippen LogP) is 1.59. The molecule has 17 heavy (non-hydrogen) atoms. The third kappa shape index (κ3) is 5.56. The molecule has 0 unspecified atom stereocenters. The Hall–Kier alpha value is -1.26. The highest BCUT2D eigenvalue weighted by atomic mass is 16.4. The Morgan fingerprint density at radius 3 is 2.47 bits per heavy atom. The first-order valence-corrected chi connectivity index (χ1v) is 6.34. The fraction of sp³-hybridized carbons (Fsp3) is 0.833. The molecule has 1 atom stereocenters. The molecule has 1 rings (SSSR count). The van der Waals surface area contributed by atoms with Crippen LogP contribution < -0.4 is 10.6 Å². The number of hydrogen-bond acceptors (Lipinski definition) is 2. The van der Waals surface area contributed by atoms with Gasteiger partial charge in [0, 0.05) is 13.1 Å². The van der Waals surface area contributed by atoms with E-state index in [0.29, 0.717) is 12.5 Å². The van der Waals surface area contributed by atoms with Crippen molar-refractivity contribution in [3.05, 3.63) is 0 Å². The first-order valence-electron chi connectivity index (χ1n) is 6.34. The van der Waals surface area contributed by atoms with Crippen LogP contribution in [0.4, 0.5) is 4.79 Å². The van der Waals surface area contributed by atoms with Gasteiger partial charge in [-0.15, -0.1) is 0 Å². The van der Waals surface area contributed by atoms with Crippen molar-refractivity contribution >= 4 is 12.0 Å². The first kappa shape index (κ1) is 13.8. The molecular weight excluding hydrogens is 220 g/mol. The van der Waals surface area contributed by atoms with Crippen LogP contribution in [0.1, 0.15) is 39.0 Å². The molecule has 0 aliphatic heterocycles. The fourth-order valence-corrected chi connectivity index (χ4v) is 2.02. The van der Waals surface area contributed by atoms with Gasteiger partial charge < -0.3 is 15.7 Å². The van der Waals surface area contributed by atoms with Crippen molar-refractivity contribution in [3.8, 4) is 0 Å². The van der Waals surface area contributed by atoms with Crippen molar-refractivity contribution in [2.75, 3.05) is 13.1 Å². The predicted molar refractivity (Wildman–Crippen MR) is 64.8 cm³/mol. The molecule has 0 radical (unpaired) electrons. The van der Waals surface area contributed by atoms with E-state index in [1.165, 1.54) is 32.1 Å². The molecule has 1 aliphatic carbocycles. The van der Waals surface area contributed by atoms with E-state index in [1.807, 2.05) is 0 Å². The van der Waals surface area contributed by atoms with Crippen LogP contribution in [-0.2, 0) is 4.79 Å². The Labute approximate surface area is 102 Å². The van der Waals surface area contributed by atoms with Gasteiger partial charge in [0.1, 0.15) is 0 Å². The lowest BCUT2D eigenvalue weighted by Gasteiger charge is -2.21.